The Morgan fingerprint density at radius 2 is 1.10 bits per heavy atom. The van der Waals surface area contributed by atoms with Crippen molar-refractivity contribution in [2.45, 2.75) is 108 Å². The van der Waals surface area contributed by atoms with E-state index in [9.17, 15) is 59.0 Å². The van der Waals surface area contributed by atoms with Crippen molar-refractivity contribution in [3.05, 3.63) is 75.8 Å². The van der Waals surface area contributed by atoms with E-state index in [0.717, 1.165) is 0 Å². The number of amides is 6. The summed E-state index contributed by atoms with van der Waals surface area (Å²) in [7, 11) is 0. The lowest BCUT2D eigenvalue weighted by Gasteiger charge is -2.26. The number of nitrogens with one attached hydrogen (secondary N) is 7. The number of aliphatic hydroxyl groups excluding tert-OH is 1. The number of hydrazine groups is 1. The van der Waals surface area contributed by atoms with Crippen LogP contribution in [0.5, 0.6) is 5.75 Å². The molecule has 0 aromatic heterocycles. The third kappa shape index (κ3) is 16.4. The molecule has 0 radical (unpaired) electrons. The summed E-state index contributed by atoms with van der Waals surface area (Å²) in [6.07, 6.45) is -0.623. The highest BCUT2D eigenvalue weighted by Crippen LogP contribution is 2.12. The van der Waals surface area contributed by atoms with Crippen LogP contribution in [-0.4, -0.2) is 117 Å². The lowest BCUT2D eigenvalue weighted by Crippen LogP contribution is -2.61. The molecule has 0 aliphatic carbocycles. The Morgan fingerprint density at radius 3 is 1.64 bits per heavy atom. The second-order valence-corrected chi connectivity index (χ2v) is 13.7. The number of unbranched alkanes of at least 4 members (excludes halogenated alkanes) is 1. The summed E-state index contributed by atoms with van der Waals surface area (Å²) in [5.41, 5.74) is 8.49. The van der Waals surface area contributed by atoms with Crippen LogP contribution in [0.2, 0.25) is 0 Å². The van der Waals surface area contributed by atoms with Gasteiger partial charge in [-0.15, -0.1) is 5.43 Å². The number of hydrogen-bond donors (Lipinski definition) is 11. The SMILES string of the molecule is C[C@H](NC(=O)[C@H](C)NC(=O)[C@H](Cc1ccc(O)cc1)N[N+](=O)[O-])C(=O)N[C@H](C(=O)N[C@@H](C)C(=O)N[C@@H](Cc1ccccc1)C(=O)N[C@@H](CCCCN)C(=O)O)[C@@H](C)O. The van der Waals surface area contributed by atoms with Crippen LogP contribution in [-0.2, 0) is 46.4 Å². The number of aromatic hydroxyl groups is 1. The molecular formula is C37H53N9O12. The predicted octanol–water partition coefficient (Wildman–Crippen LogP) is -2.11. The minimum Gasteiger partial charge on any atom is -0.508 e. The lowest BCUT2D eigenvalue weighted by atomic mass is 10.0. The Labute approximate surface area is 334 Å². The lowest BCUT2D eigenvalue weighted by molar-refractivity contribution is -0.548. The van der Waals surface area contributed by atoms with Crippen LogP contribution in [0.25, 0.3) is 0 Å². The molecule has 58 heavy (non-hydrogen) atoms. The number of carboxylic acids is 1. The average molecular weight is 816 g/mol. The van der Waals surface area contributed by atoms with Crippen molar-refractivity contribution in [2.24, 2.45) is 5.73 Å². The van der Waals surface area contributed by atoms with E-state index in [1.165, 1.54) is 52.0 Å². The van der Waals surface area contributed by atoms with Gasteiger partial charge in [-0.1, -0.05) is 42.5 Å². The maximum atomic E-state index is 13.3. The number of nitrogens with zero attached hydrogens (tertiary/aromatic N) is 1. The number of carbonyl (C=O) groups excluding carboxylic acids is 6. The summed E-state index contributed by atoms with van der Waals surface area (Å²) < 4.78 is 0. The quantitative estimate of drug-likeness (QED) is 0.0307. The van der Waals surface area contributed by atoms with Crippen LogP contribution in [0.15, 0.2) is 54.6 Å². The Bertz CT molecular complexity index is 1730. The standard InChI is InChI=1S/C37H53N9O12/c1-20(40-35(53)29(45-46(57)58)19-25-13-15-26(48)16-14-25)31(49)39-22(3)33(51)44-30(23(4)47)36(54)41-21(2)32(50)43-28(18-24-10-6-5-7-11-24)34(52)42-27(37(55)56)12-8-9-17-38/h5-7,10-11,13-16,20-23,27-30,45,47-48H,8-9,12,17-19,38H2,1-4H3,(H,39,49)(H,40,53)(H,41,54)(H,42,52)(H,43,50)(H,44,51)(H,55,56)/t20-,21-,22-,23+,27-,28-,29-,30-/m0/s1. The van der Waals surface area contributed by atoms with Gasteiger partial charge in [-0.25, -0.2) is 14.9 Å². The third-order valence-electron chi connectivity index (χ3n) is 8.75. The van der Waals surface area contributed by atoms with Crippen molar-refractivity contribution in [3.63, 3.8) is 0 Å². The minimum absolute atomic E-state index is 0.0252. The number of nitrogens with two attached hydrogens (primary N) is 1. The van der Waals surface area contributed by atoms with Crippen LogP contribution in [0.4, 0.5) is 0 Å². The zero-order valence-electron chi connectivity index (χ0n) is 32.6. The highest BCUT2D eigenvalue weighted by atomic mass is 16.7. The molecule has 0 heterocycles. The molecule has 6 amide bonds. The predicted molar refractivity (Wildman–Crippen MR) is 207 cm³/mol. The van der Waals surface area contributed by atoms with Gasteiger partial charge >= 0.3 is 5.97 Å². The van der Waals surface area contributed by atoms with E-state index in [4.69, 9.17) is 5.73 Å². The first kappa shape index (κ1) is 47.8. The van der Waals surface area contributed by atoms with E-state index in [-0.39, 0.29) is 25.0 Å². The third-order valence-corrected chi connectivity index (χ3v) is 8.75. The van der Waals surface area contributed by atoms with Gasteiger partial charge in [-0.05, 0) is 76.8 Å². The van der Waals surface area contributed by atoms with E-state index < -0.39 is 94.8 Å². The molecule has 21 heteroatoms. The average Bonchev–Trinajstić information content (AvgIpc) is 3.16. The number of rotatable bonds is 24. The molecule has 0 bridgehead atoms. The van der Waals surface area contributed by atoms with Crippen molar-refractivity contribution in [2.75, 3.05) is 6.54 Å². The number of carboxylic acid groups (broad SMARTS) is 1. The van der Waals surface area contributed by atoms with Crippen LogP contribution in [0.1, 0.15) is 58.1 Å². The largest absolute Gasteiger partial charge is 0.508 e. The topological polar surface area (TPSA) is 334 Å². The van der Waals surface area contributed by atoms with Crippen molar-refractivity contribution in [1.82, 2.24) is 37.3 Å². The Morgan fingerprint density at radius 1 is 0.638 bits per heavy atom. The highest BCUT2D eigenvalue weighted by molar-refractivity contribution is 5.97. The number of aliphatic carboxylic acids is 1. The molecule has 2 aromatic carbocycles. The smallest absolute Gasteiger partial charge is 0.326 e. The molecule has 0 spiro atoms. The van der Waals surface area contributed by atoms with Gasteiger partial charge < -0.3 is 53.0 Å². The molecule has 0 aliphatic heterocycles. The fourth-order valence-corrected chi connectivity index (χ4v) is 5.41. The molecule has 12 N–H and O–H groups in total. The van der Waals surface area contributed by atoms with Gasteiger partial charge in [-0.3, -0.25) is 28.8 Å². The van der Waals surface area contributed by atoms with Crippen LogP contribution >= 0.6 is 0 Å². The van der Waals surface area contributed by atoms with E-state index in [2.05, 4.69) is 31.9 Å². The van der Waals surface area contributed by atoms with E-state index in [1.54, 1.807) is 30.3 Å². The second-order valence-electron chi connectivity index (χ2n) is 13.7. The maximum Gasteiger partial charge on any atom is 0.326 e. The fraction of sp³-hybridized carbons (Fsp3) is 0.486. The van der Waals surface area contributed by atoms with Crippen LogP contribution in [0.3, 0.4) is 0 Å². The summed E-state index contributed by atoms with van der Waals surface area (Å²) >= 11 is 0. The van der Waals surface area contributed by atoms with Crippen LogP contribution in [0, 0.1) is 10.1 Å². The molecular weight excluding hydrogens is 762 g/mol. The molecule has 8 atom stereocenters. The number of phenolic OH excluding ortho intramolecular Hbond substituents is 1. The summed E-state index contributed by atoms with van der Waals surface area (Å²) in [5.74, 6) is -6.67. The Balaban J connectivity index is 2.05. The van der Waals surface area contributed by atoms with Crippen molar-refractivity contribution in [3.8, 4) is 5.75 Å². The molecule has 0 saturated carbocycles. The minimum atomic E-state index is -1.64. The highest BCUT2D eigenvalue weighted by Gasteiger charge is 2.33. The van der Waals surface area contributed by atoms with Gasteiger partial charge in [0.15, 0.2) is 11.1 Å². The van der Waals surface area contributed by atoms with Gasteiger partial charge in [-0.2, -0.15) is 0 Å². The summed E-state index contributed by atoms with van der Waals surface area (Å²) in [5, 5.41) is 54.0. The molecule has 0 aliphatic rings. The monoisotopic (exact) mass is 815 g/mol. The first-order valence-electron chi connectivity index (χ1n) is 18.5. The van der Waals surface area contributed by atoms with Crippen molar-refractivity contribution in [1.29, 1.82) is 0 Å². The van der Waals surface area contributed by atoms with E-state index in [1.807, 2.05) is 5.43 Å². The summed E-state index contributed by atoms with van der Waals surface area (Å²) in [4.78, 5) is 102. The van der Waals surface area contributed by atoms with E-state index >= 15 is 0 Å². The van der Waals surface area contributed by atoms with Crippen molar-refractivity contribution >= 4 is 41.4 Å². The Kier molecular flexibility index (Phi) is 19.5. The molecule has 2 rings (SSSR count). The number of nitro groups is 1. The van der Waals surface area contributed by atoms with E-state index in [0.29, 0.717) is 30.5 Å². The number of benzene rings is 2. The second kappa shape index (κ2) is 23.7. The first-order chi connectivity index (χ1) is 27.3. The molecule has 0 unspecified atom stereocenters. The number of carbonyl (C=O) groups is 7. The van der Waals surface area contributed by atoms with Gasteiger partial charge in [0, 0.05) is 12.8 Å². The van der Waals surface area contributed by atoms with Crippen molar-refractivity contribution < 1.29 is 53.9 Å². The molecule has 0 fully saturated rings. The number of phenols is 1. The Hall–Kier alpha value is -6.35. The van der Waals surface area contributed by atoms with Crippen LogP contribution < -0.4 is 43.1 Å². The first-order valence-corrected chi connectivity index (χ1v) is 18.5. The molecule has 0 saturated heterocycles. The number of hydrogen-bond acceptors (Lipinski definition) is 12. The van der Waals surface area contributed by atoms with Gasteiger partial charge in [0.25, 0.3) is 0 Å². The number of aliphatic hydroxyl groups is 1. The maximum absolute atomic E-state index is 13.3. The van der Waals surface area contributed by atoms with Gasteiger partial charge in [0.05, 0.1) is 6.10 Å². The van der Waals surface area contributed by atoms with Gasteiger partial charge in [0.1, 0.15) is 42.0 Å². The fourth-order valence-electron chi connectivity index (χ4n) is 5.41. The summed E-state index contributed by atoms with van der Waals surface area (Å²) in [6.45, 7) is 5.33. The zero-order chi connectivity index (χ0) is 43.5. The summed E-state index contributed by atoms with van der Waals surface area (Å²) in [6, 6.07) is 4.65. The van der Waals surface area contributed by atoms with Gasteiger partial charge in [0.2, 0.25) is 35.4 Å². The molecule has 318 valence electrons. The molecule has 2 aromatic rings. The molecule has 21 nitrogen and oxygen atoms in total. The zero-order valence-corrected chi connectivity index (χ0v) is 32.6. The normalized spacial score (nSPS) is 15.0.